The van der Waals surface area contributed by atoms with Gasteiger partial charge in [-0.05, 0) is 18.1 Å². The van der Waals surface area contributed by atoms with Crippen molar-refractivity contribution in [3.8, 4) is 12.3 Å². The lowest BCUT2D eigenvalue weighted by molar-refractivity contribution is 0.0798. The Labute approximate surface area is 83.5 Å². The lowest BCUT2D eigenvalue weighted by Crippen LogP contribution is -2.24. The summed E-state index contributed by atoms with van der Waals surface area (Å²) in [6.07, 6.45) is 5.20. The maximum atomic E-state index is 11.8. The molecule has 0 aromatic heterocycles. The Balaban J connectivity index is 2.42. The van der Waals surface area contributed by atoms with Crippen LogP contribution in [0.2, 0.25) is 0 Å². The highest BCUT2D eigenvalue weighted by molar-refractivity contribution is 5.99. The fourth-order valence-corrected chi connectivity index (χ4v) is 1.84. The number of hydrogen-bond acceptors (Lipinski definition) is 1. The third-order valence-corrected chi connectivity index (χ3v) is 2.50. The Morgan fingerprint density at radius 2 is 2.36 bits per heavy atom. The molecule has 1 heterocycles. The molecule has 2 heteroatoms. The van der Waals surface area contributed by atoms with E-state index >= 15 is 0 Å². The molecular formula is C12H11NO. The monoisotopic (exact) mass is 185 g/mol. The molecule has 0 spiro atoms. The molecule has 0 saturated heterocycles. The summed E-state index contributed by atoms with van der Waals surface area (Å²) in [4.78, 5) is 13.5. The van der Waals surface area contributed by atoms with Crippen LogP contribution in [0.5, 0.6) is 0 Å². The number of aryl methyl sites for hydroxylation is 1. The first-order valence-corrected chi connectivity index (χ1v) is 4.55. The van der Waals surface area contributed by atoms with Gasteiger partial charge in [0, 0.05) is 12.1 Å². The first-order chi connectivity index (χ1) is 6.74. The minimum atomic E-state index is 0.0658. The van der Waals surface area contributed by atoms with Gasteiger partial charge in [0.25, 0.3) is 5.91 Å². The maximum Gasteiger partial charge on any atom is 0.255 e. The summed E-state index contributed by atoms with van der Waals surface area (Å²) in [7, 11) is 0. The fourth-order valence-electron chi connectivity index (χ4n) is 1.84. The Hall–Kier alpha value is -1.75. The van der Waals surface area contributed by atoms with Gasteiger partial charge in [0.15, 0.2) is 0 Å². The standard InChI is InChI=1S/C12H11NO/c1-3-7-13-8-10-6-4-5-9(2)11(10)12(13)14/h1,4-6H,7-8H2,2H3. The Morgan fingerprint density at radius 1 is 1.57 bits per heavy atom. The number of terminal acetylenes is 1. The molecule has 70 valence electrons. The van der Waals surface area contributed by atoms with Crippen molar-refractivity contribution in [1.29, 1.82) is 0 Å². The van der Waals surface area contributed by atoms with Crippen molar-refractivity contribution in [2.75, 3.05) is 6.54 Å². The summed E-state index contributed by atoms with van der Waals surface area (Å²) in [6.45, 7) is 3.00. The summed E-state index contributed by atoms with van der Waals surface area (Å²) in [5.41, 5.74) is 2.96. The number of hydrogen-bond donors (Lipinski definition) is 0. The van der Waals surface area contributed by atoms with Gasteiger partial charge in [-0.15, -0.1) is 6.42 Å². The molecular weight excluding hydrogens is 174 g/mol. The molecule has 1 aliphatic rings. The van der Waals surface area contributed by atoms with E-state index in [4.69, 9.17) is 6.42 Å². The zero-order valence-corrected chi connectivity index (χ0v) is 8.08. The molecule has 0 N–H and O–H groups in total. The van der Waals surface area contributed by atoms with E-state index in [1.54, 1.807) is 4.90 Å². The number of carbonyl (C=O) groups is 1. The highest BCUT2D eigenvalue weighted by atomic mass is 16.2. The van der Waals surface area contributed by atoms with Crippen LogP contribution in [0.4, 0.5) is 0 Å². The summed E-state index contributed by atoms with van der Waals surface area (Å²) < 4.78 is 0. The summed E-state index contributed by atoms with van der Waals surface area (Å²) in [5.74, 6) is 2.57. The van der Waals surface area contributed by atoms with Crippen molar-refractivity contribution in [2.24, 2.45) is 0 Å². The van der Waals surface area contributed by atoms with E-state index in [0.29, 0.717) is 13.1 Å². The highest BCUT2D eigenvalue weighted by Gasteiger charge is 2.27. The van der Waals surface area contributed by atoms with Crippen molar-refractivity contribution in [2.45, 2.75) is 13.5 Å². The second-order valence-electron chi connectivity index (χ2n) is 3.47. The van der Waals surface area contributed by atoms with Crippen LogP contribution < -0.4 is 0 Å². The van der Waals surface area contributed by atoms with Crippen LogP contribution in [-0.2, 0) is 6.54 Å². The quantitative estimate of drug-likeness (QED) is 0.608. The van der Waals surface area contributed by atoms with Crippen LogP contribution >= 0.6 is 0 Å². The molecule has 0 atom stereocenters. The summed E-state index contributed by atoms with van der Waals surface area (Å²) in [6, 6.07) is 5.91. The van der Waals surface area contributed by atoms with Gasteiger partial charge in [0.1, 0.15) is 0 Å². The van der Waals surface area contributed by atoms with Gasteiger partial charge in [0.05, 0.1) is 6.54 Å². The van der Waals surface area contributed by atoms with Gasteiger partial charge in [-0.2, -0.15) is 0 Å². The van der Waals surface area contributed by atoms with E-state index in [1.807, 2.05) is 25.1 Å². The SMILES string of the molecule is C#CCN1Cc2cccc(C)c2C1=O. The molecule has 0 aliphatic carbocycles. The molecule has 0 fully saturated rings. The first kappa shape index (κ1) is 8.83. The molecule has 14 heavy (non-hydrogen) atoms. The molecule has 0 saturated carbocycles. The predicted molar refractivity (Wildman–Crippen MR) is 54.8 cm³/mol. The van der Waals surface area contributed by atoms with Crippen LogP contribution in [0.15, 0.2) is 18.2 Å². The zero-order valence-electron chi connectivity index (χ0n) is 8.08. The van der Waals surface area contributed by atoms with E-state index in [9.17, 15) is 4.79 Å². The Kier molecular flexibility index (Phi) is 2.01. The minimum Gasteiger partial charge on any atom is -0.323 e. The van der Waals surface area contributed by atoms with Crippen LogP contribution in [-0.4, -0.2) is 17.4 Å². The zero-order chi connectivity index (χ0) is 10.1. The smallest absolute Gasteiger partial charge is 0.255 e. The van der Waals surface area contributed by atoms with E-state index in [2.05, 4.69) is 5.92 Å². The molecule has 0 bridgehead atoms. The number of carbonyl (C=O) groups excluding carboxylic acids is 1. The van der Waals surface area contributed by atoms with Gasteiger partial charge in [-0.1, -0.05) is 24.1 Å². The van der Waals surface area contributed by atoms with Gasteiger partial charge in [0.2, 0.25) is 0 Å². The fraction of sp³-hybridized carbons (Fsp3) is 0.250. The third kappa shape index (κ3) is 1.18. The van der Waals surface area contributed by atoms with Crippen LogP contribution in [0.3, 0.4) is 0 Å². The average molecular weight is 185 g/mol. The highest BCUT2D eigenvalue weighted by Crippen LogP contribution is 2.24. The first-order valence-electron chi connectivity index (χ1n) is 4.55. The molecule has 1 aromatic rings. The minimum absolute atomic E-state index is 0.0658. The normalized spacial score (nSPS) is 14.0. The molecule has 2 rings (SSSR count). The largest absolute Gasteiger partial charge is 0.323 e. The average Bonchev–Trinajstić information content (AvgIpc) is 2.46. The van der Waals surface area contributed by atoms with Crippen molar-refractivity contribution >= 4 is 5.91 Å². The molecule has 1 aliphatic heterocycles. The second-order valence-corrected chi connectivity index (χ2v) is 3.47. The number of benzene rings is 1. The van der Waals surface area contributed by atoms with Crippen LogP contribution in [0, 0.1) is 19.3 Å². The number of rotatable bonds is 1. The van der Waals surface area contributed by atoms with Gasteiger partial charge < -0.3 is 4.90 Å². The van der Waals surface area contributed by atoms with Gasteiger partial charge in [-0.3, -0.25) is 4.79 Å². The lowest BCUT2D eigenvalue weighted by atomic mass is 10.0. The van der Waals surface area contributed by atoms with Crippen LogP contribution in [0.25, 0.3) is 0 Å². The Morgan fingerprint density at radius 3 is 3.00 bits per heavy atom. The molecule has 0 radical (unpaired) electrons. The van der Waals surface area contributed by atoms with Crippen molar-refractivity contribution in [3.63, 3.8) is 0 Å². The molecule has 1 amide bonds. The van der Waals surface area contributed by atoms with E-state index in [-0.39, 0.29) is 5.91 Å². The molecule has 1 aromatic carbocycles. The van der Waals surface area contributed by atoms with Crippen molar-refractivity contribution < 1.29 is 4.79 Å². The summed E-state index contributed by atoms with van der Waals surface area (Å²) >= 11 is 0. The number of amides is 1. The van der Waals surface area contributed by atoms with E-state index < -0.39 is 0 Å². The molecule has 2 nitrogen and oxygen atoms in total. The maximum absolute atomic E-state index is 11.8. The summed E-state index contributed by atoms with van der Waals surface area (Å²) in [5, 5.41) is 0. The van der Waals surface area contributed by atoms with E-state index in [0.717, 1.165) is 16.7 Å². The predicted octanol–water partition coefficient (Wildman–Crippen LogP) is 1.58. The topological polar surface area (TPSA) is 20.3 Å². The molecule has 0 unspecified atom stereocenters. The van der Waals surface area contributed by atoms with Gasteiger partial charge in [-0.25, -0.2) is 0 Å². The number of nitrogens with zero attached hydrogens (tertiary/aromatic N) is 1. The second kappa shape index (κ2) is 3.19. The van der Waals surface area contributed by atoms with Crippen LogP contribution in [0.1, 0.15) is 21.5 Å². The van der Waals surface area contributed by atoms with Crippen molar-refractivity contribution in [3.05, 3.63) is 34.9 Å². The van der Waals surface area contributed by atoms with Crippen molar-refractivity contribution in [1.82, 2.24) is 4.90 Å². The van der Waals surface area contributed by atoms with Gasteiger partial charge >= 0.3 is 0 Å². The lowest BCUT2D eigenvalue weighted by Gasteiger charge is -2.10. The Bertz CT molecular complexity index is 428. The third-order valence-electron chi connectivity index (χ3n) is 2.50. The van der Waals surface area contributed by atoms with E-state index in [1.165, 1.54) is 0 Å². The number of fused-ring (bicyclic) bond motifs is 1.